The van der Waals surface area contributed by atoms with E-state index >= 15 is 0 Å². The number of halogens is 1. The van der Waals surface area contributed by atoms with Gasteiger partial charge in [-0.25, -0.2) is 0 Å². The van der Waals surface area contributed by atoms with Crippen LogP contribution in [0.1, 0.15) is 11.1 Å². The van der Waals surface area contributed by atoms with Crippen molar-refractivity contribution in [2.45, 2.75) is 13.5 Å². The second-order valence-electron chi connectivity index (χ2n) is 4.46. The van der Waals surface area contributed by atoms with Crippen molar-refractivity contribution in [1.29, 1.82) is 0 Å². The summed E-state index contributed by atoms with van der Waals surface area (Å²) in [6, 6.07) is 13.4. The second-order valence-corrected chi connectivity index (χ2v) is 4.90. The number of anilines is 1. The van der Waals surface area contributed by atoms with Crippen LogP contribution in [0.15, 0.2) is 42.5 Å². The summed E-state index contributed by atoms with van der Waals surface area (Å²) in [6.45, 7) is 2.68. The summed E-state index contributed by atoms with van der Waals surface area (Å²) in [5, 5.41) is 10.4. The van der Waals surface area contributed by atoms with Crippen molar-refractivity contribution in [2.24, 2.45) is 0 Å². The van der Waals surface area contributed by atoms with E-state index in [9.17, 15) is 5.11 Å². The minimum atomic E-state index is 0.276. The number of phenols is 1. The fraction of sp³-hybridized carbons (Fsp3) is 0.200. The zero-order chi connectivity index (χ0) is 13.1. The van der Waals surface area contributed by atoms with Crippen LogP contribution in [0.25, 0.3) is 0 Å². The SMILES string of the molecule is Cc1ccc(N(C)Cc2cc(Cl)ccc2O)cc1. The molecule has 0 spiro atoms. The zero-order valence-corrected chi connectivity index (χ0v) is 11.3. The predicted octanol–water partition coefficient (Wildman–Crippen LogP) is 3.99. The monoisotopic (exact) mass is 261 g/mol. The molecule has 0 atom stereocenters. The number of benzene rings is 2. The summed E-state index contributed by atoms with van der Waals surface area (Å²) < 4.78 is 0. The van der Waals surface area contributed by atoms with E-state index in [1.54, 1.807) is 18.2 Å². The van der Waals surface area contributed by atoms with Crippen molar-refractivity contribution in [1.82, 2.24) is 0 Å². The van der Waals surface area contributed by atoms with E-state index in [1.165, 1.54) is 5.56 Å². The van der Waals surface area contributed by atoms with E-state index in [4.69, 9.17) is 11.6 Å². The van der Waals surface area contributed by atoms with Crippen LogP contribution in [0.5, 0.6) is 5.75 Å². The summed E-state index contributed by atoms with van der Waals surface area (Å²) in [5.41, 5.74) is 3.17. The summed E-state index contributed by atoms with van der Waals surface area (Å²) >= 11 is 5.94. The van der Waals surface area contributed by atoms with Gasteiger partial charge >= 0.3 is 0 Å². The van der Waals surface area contributed by atoms with Crippen molar-refractivity contribution in [3.8, 4) is 5.75 Å². The first-order valence-corrected chi connectivity index (χ1v) is 6.19. The number of aryl methyl sites for hydroxylation is 1. The Morgan fingerprint density at radius 3 is 2.44 bits per heavy atom. The molecule has 2 nitrogen and oxygen atoms in total. The van der Waals surface area contributed by atoms with Crippen LogP contribution >= 0.6 is 11.6 Å². The van der Waals surface area contributed by atoms with Gasteiger partial charge in [-0.3, -0.25) is 0 Å². The van der Waals surface area contributed by atoms with Crippen LogP contribution in [0, 0.1) is 6.92 Å². The Morgan fingerprint density at radius 2 is 1.78 bits per heavy atom. The van der Waals surface area contributed by atoms with Gasteiger partial charge in [0, 0.05) is 29.9 Å². The average molecular weight is 262 g/mol. The number of hydrogen-bond donors (Lipinski definition) is 1. The molecular weight excluding hydrogens is 246 g/mol. The van der Waals surface area contributed by atoms with Gasteiger partial charge < -0.3 is 10.0 Å². The van der Waals surface area contributed by atoms with Gasteiger partial charge in [-0.1, -0.05) is 29.3 Å². The highest BCUT2D eigenvalue weighted by atomic mass is 35.5. The summed E-state index contributed by atoms with van der Waals surface area (Å²) in [4.78, 5) is 2.07. The van der Waals surface area contributed by atoms with E-state index in [-0.39, 0.29) is 5.75 Å². The maximum atomic E-state index is 9.79. The number of phenolic OH excluding ortho intramolecular Hbond substituents is 1. The van der Waals surface area contributed by atoms with Crippen LogP contribution in [0.3, 0.4) is 0 Å². The first kappa shape index (κ1) is 12.8. The molecule has 0 saturated heterocycles. The molecule has 0 aliphatic rings. The van der Waals surface area contributed by atoms with E-state index in [0.29, 0.717) is 11.6 Å². The normalized spacial score (nSPS) is 10.4. The highest BCUT2D eigenvalue weighted by molar-refractivity contribution is 6.30. The Hall–Kier alpha value is -1.67. The van der Waals surface area contributed by atoms with Gasteiger partial charge in [-0.2, -0.15) is 0 Å². The first-order chi connectivity index (χ1) is 8.56. The molecule has 0 bridgehead atoms. The Labute approximate surface area is 112 Å². The number of nitrogens with zero attached hydrogens (tertiary/aromatic N) is 1. The molecule has 18 heavy (non-hydrogen) atoms. The Balaban J connectivity index is 2.18. The molecule has 2 aromatic carbocycles. The topological polar surface area (TPSA) is 23.5 Å². The summed E-state index contributed by atoms with van der Waals surface area (Å²) in [6.07, 6.45) is 0. The lowest BCUT2D eigenvalue weighted by atomic mass is 10.1. The van der Waals surface area contributed by atoms with Crippen LogP contribution < -0.4 is 4.90 Å². The quantitative estimate of drug-likeness (QED) is 0.903. The van der Waals surface area contributed by atoms with Gasteiger partial charge in [0.1, 0.15) is 5.75 Å². The van der Waals surface area contributed by atoms with E-state index in [1.807, 2.05) is 7.05 Å². The minimum absolute atomic E-state index is 0.276. The molecule has 2 rings (SSSR count). The van der Waals surface area contributed by atoms with Crippen molar-refractivity contribution in [3.63, 3.8) is 0 Å². The summed E-state index contributed by atoms with van der Waals surface area (Å²) in [5.74, 6) is 0.276. The predicted molar refractivity (Wildman–Crippen MR) is 76.4 cm³/mol. The third-order valence-corrected chi connectivity index (χ3v) is 3.16. The molecule has 0 saturated carbocycles. The lowest BCUT2D eigenvalue weighted by Gasteiger charge is -2.20. The highest BCUT2D eigenvalue weighted by Gasteiger charge is 2.06. The molecule has 2 aromatic rings. The molecule has 0 heterocycles. The fourth-order valence-corrected chi connectivity index (χ4v) is 2.02. The van der Waals surface area contributed by atoms with Gasteiger partial charge in [0.25, 0.3) is 0 Å². The van der Waals surface area contributed by atoms with Gasteiger partial charge in [-0.05, 0) is 37.3 Å². The lowest BCUT2D eigenvalue weighted by Crippen LogP contribution is -2.16. The minimum Gasteiger partial charge on any atom is -0.508 e. The van der Waals surface area contributed by atoms with Crippen molar-refractivity contribution < 1.29 is 5.11 Å². The molecule has 0 unspecified atom stereocenters. The molecule has 0 radical (unpaired) electrons. The molecule has 0 aliphatic heterocycles. The highest BCUT2D eigenvalue weighted by Crippen LogP contribution is 2.24. The smallest absolute Gasteiger partial charge is 0.120 e. The number of rotatable bonds is 3. The van der Waals surface area contributed by atoms with Crippen molar-refractivity contribution >= 4 is 17.3 Å². The Bertz CT molecular complexity index is 537. The largest absolute Gasteiger partial charge is 0.508 e. The van der Waals surface area contributed by atoms with Gasteiger partial charge in [-0.15, -0.1) is 0 Å². The van der Waals surface area contributed by atoms with E-state index in [0.717, 1.165) is 11.3 Å². The standard InChI is InChI=1S/C15H16ClNO/c1-11-3-6-14(7-4-11)17(2)10-12-9-13(16)5-8-15(12)18/h3-9,18H,10H2,1-2H3. The number of hydrogen-bond acceptors (Lipinski definition) is 2. The Morgan fingerprint density at radius 1 is 1.11 bits per heavy atom. The zero-order valence-electron chi connectivity index (χ0n) is 10.5. The fourth-order valence-electron chi connectivity index (χ4n) is 1.83. The molecule has 0 aliphatic carbocycles. The Kier molecular flexibility index (Phi) is 3.78. The maximum Gasteiger partial charge on any atom is 0.120 e. The van der Waals surface area contributed by atoms with Crippen LogP contribution in [-0.2, 0) is 6.54 Å². The van der Waals surface area contributed by atoms with Gasteiger partial charge in [0.2, 0.25) is 0 Å². The van der Waals surface area contributed by atoms with Crippen molar-refractivity contribution in [3.05, 3.63) is 58.6 Å². The molecule has 3 heteroatoms. The van der Waals surface area contributed by atoms with Gasteiger partial charge in [0.15, 0.2) is 0 Å². The maximum absolute atomic E-state index is 9.79. The number of aromatic hydroxyl groups is 1. The van der Waals surface area contributed by atoms with Gasteiger partial charge in [0.05, 0.1) is 0 Å². The molecular formula is C15H16ClNO. The summed E-state index contributed by atoms with van der Waals surface area (Å²) in [7, 11) is 1.99. The van der Waals surface area contributed by atoms with Crippen LogP contribution in [-0.4, -0.2) is 12.2 Å². The molecule has 0 aromatic heterocycles. The van der Waals surface area contributed by atoms with Crippen molar-refractivity contribution in [2.75, 3.05) is 11.9 Å². The third-order valence-electron chi connectivity index (χ3n) is 2.92. The first-order valence-electron chi connectivity index (χ1n) is 5.81. The lowest BCUT2D eigenvalue weighted by molar-refractivity contribution is 0.468. The average Bonchev–Trinajstić information content (AvgIpc) is 2.34. The molecule has 0 fully saturated rings. The van der Waals surface area contributed by atoms with Crippen LogP contribution in [0.2, 0.25) is 5.02 Å². The molecule has 0 amide bonds. The molecule has 1 N–H and O–H groups in total. The van der Waals surface area contributed by atoms with E-state index in [2.05, 4.69) is 36.1 Å². The third kappa shape index (κ3) is 2.96. The second kappa shape index (κ2) is 5.32. The van der Waals surface area contributed by atoms with E-state index < -0.39 is 0 Å². The molecule has 94 valence electrons. The van der Waals surface area contributed by atoms with Crippen LogP contribution in [0.4, 0.5) is 5.69 Å².